The van der Waals surface area contributed by atoms with Crippen molar-refractivity contribution < 1.29 is 9.53 Å². The molecule has 1 heterocycles. The molecule has 0 saturated carbocycles. The summed E-state index contributed by atoms with van der Waals surface area (Å²) in [7, 11) is 1.45. The Labute approximate surface area is 131 Å². The molecular formula is C16H23ClN2O2. The van der Waals surface area contributed by atoms with Gasteiger partial charge in [-0.3, -0.25) is 9.69 Å². The van der Waals surface area contributed by atoms with Crippen LogP contribution in [-0.2, 0) is 9.53 Å². The number of hydrogen-bond acceptors (Lipinski definition) is 4. The zero-order valence-corrected chi connectivity index (χ0v) is 13.7. The Hall–Kier alpha value is -1.26. The molecule has 0 aromatic heterocycles. The van der Waals surface area contributed by atoms with Crippen LogP contribution in [0.1, 0.15) is 13.8 Å². The van der Waals surface area contributed by atoms with E-state index in [1.807, 2.05) is 32.0 Å². The Bertz CT molecular complexity index is 497. The van der Waals surface area contributed by atoms with Gasteiger partial charge in [-0.1, -0.05) is 17.7 Å². The standard InChI is InChI=1S/C16H23ClN2O2/c1-16(2,15(20)21-3)12-18-7-9-19(10-8-18)14-6-4-5-13(17)11-14/h4-6,11H,7-10,12H2,1-3H3. The fraction of sp³-hybridized carbons (Fsp3) is 0.562. The number of esters is 1. The molecule has 1 aromatic rings. The summed E-state index contributed by atoms with van der Waals surface area (Å²) in [6, 6.07) is 7.94. The first-order valence-electron chi connectivity index (χ1n) is 7.24. The van der Waals surface area contributed by atoms with E-state index in [-0.39, 0.29) is 5.97 Å². The van der Waals surface area contributed by atoms with E-state index in [1.165, 1.54) is 7.11 Å². The minimum atomic E-state index is -0.465. The van der Waals surface area contributed by atoms with Crippen LogP contribution in [0, 0.1) is 5.41 Å². The molecule has 4 nitrogen and oxygen atoms in total. The fourth-order valence-electron chi connectivity index (χ4n) is 2.74. The van der Waals surface area contributed by atoms with Crippen LogP contribution in [0.2, 0.25) is 5.02 Å². The lowest BCUT2D eigenvalue weighted by atomic mass is 9.92. The molecule has 0 amide bonds. The predicted octanol–water partition coefficient (Wildman–Crippen LogP) is 2.66. The first-order valence-corrected chi connectivity index (χ1v) is 7.61. The minimum absolute atomic E-state index is 0.153. The molecule has 0 radical (unpaired) electrons. The predicted molar refractivity (Wildman–Crippen MR) is 85.9 cm³/mol. The summed E-state index contributed by atoms with van der Waals surface area (Å²) >= 11 is 6.04. The number of anilines is 1. The van der Waals surface area contributed by atoms with Crippen molar-refractivity contribution in [3.05, 3.63) is 29.3 Å². The van der Waals surface area contributed by atoms with Gasteiger partial charge in [0.15, 0.2) is 0 Å². The molecule has 2 rings (SSSR count). The normalized spacial score (nSPS) is 16.9. The van der Waals surface area contributed by atoms with Crippen LogP contribution in [0.3, 0.4) is 0 Å². The van der Waals surface area contributed by atoms with Gasteiger partial charge in [0.05, 0.1) is 12.5 Å². The van der Waals surface area contributed by atoms with E-state index < -0.39 is 5.41 Å². The number of nitrogens with zero attached hydrogens (tertiary/aromatic N) is 2. The number of benzene rings is 1. The largest absolute Gasteiger partial charge is 0.469 e. The number of ether oxygens (including phenoxy) is 1. The third-order valence-corrected chi connectivity index (χ3v) is 4.14. The van der Waals surface area contributed by atoms with Gasteiger partial charge in [-0.25, -0.2) is 0 Å². The Balaban J connectivity index is 1.90. The number of carbonyl (C=O) groups is 1. The van der Waals surface area contributed by atoms with Gasteiger partial charge < -0.3 is 9.64 Å². The van der Waals surface area contributed by atoms with Crippen molar-refractivity contribution in [2.75, 3.05) is 44.7 Å². The van der Waals surface area contributed by atoms with E-state index in [2.05, 4.69) is 15.9 Å². The zero-order valence-electron chi connectivity index (χ0n) is 12.9. The number of rotatable bonds is 4. The van der Waals surface area contributed by atoms with E-state index in [9.17, 15) is 4.79 Å². The average Bonchev–Trinajstić information content (AvgIpc) is 2.46. The summed E-state index contributed by atoms with van der Waals surface area (Å²) in [6.45, 7) is 8.35. The lowest BCUT2D eigenvalue weighted by Gasteiger charge is -2.39. The van der Waals surface area contributed by atoms with Crippen molar-refractivity contribution in [1.82, 2.24) is 4.90 Å². The second kappa shape index (κ2) is 6.67. The van der Waals surface area contributed by atoms with Crippen molar-refractivity contribution in [2.24, 2.45) is 5.41 Å². The highest BCUT2D eigenvalue weighted by molar-refractivity contribution is 6.30. The maximum absolute atomic E-state index is 11.8. The minimum Gasteiger partial charge on any atom is -0.469 e. The molecule has 116 valence electrons. The highest BCUT2D eigenvalue weighted by Gasteiger charge is 2.32. The van der Waals surface area contributed by atoms with Crippen LogP contribution in [0.5, 0.6) is 0 Å². The number of halogens is 1. The molecule has 1 aromatic carbocycles. The summed E-state index contributed by atoms with van der Waals surface area (Å²) in [5, 5.41) is 0.766. The maximum atomic E-state index is 11.8. The van der Waals surface area contributed by atoms with Crippen molar-refractivity contribution in [3.63, 3.8) is 0 Å². The van der Waals surface area contributed by atoms with Crippen LogP contribution in [0.15, 0.2) is 24.3 Å². The topological polar surface area (TPSA) is 32.8 Å². The summed E-state index contributed by atoms with van der Waals surface area (Å²) in [6.07, 6.45) is 0. The van der Waals surface area contributed by atoms with E-state index in [0.29, 0.717) is 0 Å². The highest BCUT2D eigenvalue weighted by atomic mass is 35.5. The molecule has 1 aliphatic rings. The molecule has 0 N–H and O–H groups in total. The van der Waals surface area contributed by atoms with E-state index in [0.717, 1.165) is 43.4 Å². The van der Waals surface area contributed by atoms with Crippen molar-refractivity contribution in [1.29, 1.82) is 0 Å². The Morgan fingerprint density at radius 1 is 1.29 bits per heavy atom. The summed E-state index contributed by atoms with van der Waals surface area (Å²) in [4.78, 5) is 16.4. The molecule has 1 aliphatic heterocycles. The van der Waals surface area contributed by atoms with Gasteiger partial charge in [0.25, 0.3) is 0 Å². The second-order valence-electron chi connectivity index (χ2n) is 6.12. The Morgan fingerprint density at radius 2 is 1.95 bits per heavy atom. The monoisotopic (exact) mass is 310 g/mol. The molecule has 0 unspecified atom stereocenters. The smallest absolute Gasteiger partial charge is 0.312 e. The van der Waals surface area contributed by atoms with E-state index >= 15 is 0 Å². The molecule has 0 bridgehead atoms. The molecular weight excluding hydrogens is 288 g/mol. The van der Waals surface area contributed by atoms with Crippen molar-refractivity contribution >= 4 is 23.3 Å². The van der Waals surface area contributed by atoms with Gasteiger partial charge in [0.1, 0.15) is 0 Å². The van der Waals surface area contributed by atoms with Gasteiger partial charge in [0, 0.05) is 43.4 Å². The fourth-order valence-corrected chi connectivity index (χ4v) is 2.92. The SMILES string of the molecule is COC(=O)C(C)(C)CN1CCN(c2cccc(Cl)c2)CC1. The van der Waals surface area contributed by atoms with E-state index in [1.54, 1.807) is 0 Å². The van der Waals surface area contributed by atoms with Crippen LogP contribution in [0.25, 0.3) is 0 Å². The van der Waals surface area contributed by atoms with Gasteiger partial charge in [-0.15, -0.1) is 0 Å². The molecule has 1 fully saturated rings. The van der Waals surface area contributed by atoms with Crippen LogP contribution >= 0.6 is 11.6 Å². The summed E-state index contributed by atoms with van der Waals surface area (Å²) in [5.41, 5.74) is 0.696. The first kappa shape index (κ1) is 16.1. The van der Waals surface area contributed by atoms with Crippen LogP contribution in [-0.4, -0.2) is 50.7 Å². The molecule has 0 spiro atoms. The van der Waals surface area contributed by atoms with Crippen molar-refractivity contribution in [2.45, 2.75) is 13.8 Å². The number of piperazine rings is 1. The van der Waals surface area contributed by atoms with Crippen LogP contribution < -0.4 is 4.90 Å². The first-order chi connectivity index (χ1) is 9.92. The Kier molecular flexibility index (Phi) is 5.12. The molecule has 21 heavy (non-hydrogen) atoms. The lowest BCUT2D eigenvalue weighted by molar-refractivity contribution is -0.151. The van der Waals surface area contributed by atoms with Crippen LogP contribution in [0.4, 0.5) is 5.69 Å². The van der Waals surface area contributed by atoms with Crippen molar-refractivity contribution in [3.8, 4) is 0 Å². The zero-order chi connectivity index (χ0) is 15.5. The number of methoxy groups -OCH3 is 1. The highest BCUT2D eigenvalue weighted by Crippen LogP contribution is 2.23. The molecule has 0 atom stereocenters. The molecule has 0 aliphatic carbocycles. The maximum Gasteiger partial charge on any atom is 0.312 e. The van der Waals surface area contributed by atoms with Gasteiger partial charge in [-0.2, -0.15) is 0 Å². The quantitative estimate of drug-likeness (QED) is 0.801. The average molecular weight is 311 g/mol. The third kappa shape index (κ3) is 4.11. The lowest BCUT2D eigenvalue weighted by Crippen LogP contribution is -2.50. The van der Waals surface area contributed by atoms with E-state index in [4.69, 9.17) is 16.3 Å². The number of carbonyl (C=O) groups excluding carboxylic acids is 1. The molecule has 1 saturated heterocycles. The summed E-state index contributed by atoms with van der Waals surface area (Å²) in [5.74, 6) is -0.153. The third-order valence-electron chi connectivity index (χ3n) is 3.90. The van der Waals surface area contributed by atoms with Gasteiger partial charge >= 0.3 is 5.97 Å². The Morgan fingerprint density at radius 3 is 2.52 bits per heavy atom. The van der Waals surface area contributed by atoms with Gasteiger partial charge in [0.2, 0.25) is 0 Å². The second-order valence-corrected chi connectivity index (χ2v) is 6.55. The summed E-state index contributed by atoms with van der Waals surface area (Å²) < 4.78 is 4.87. The molecule has 5 heteroatoms. The number of hydrogen-bond donors (Lipinski definition) is 0. The van der Waals surface area contributed by atoms with Gasteiger partial charge in [-0.05, 0) is 32.0 Å².